The molecule has 8 nitrogen and oxygen atoms in total. The molecule has 1 amide bonds. The van der Waals surface area contributed by atoms with Crippen molar-refractivity contribution in [3.8, 4) is 0 Å². The number of ether oxygens (including phenoxy) is 1. The first-order chi connectivity index (χ1) is 14.0. The van der Waals surface area contributed by atoms with Crippen LogP contribution in [0.25, 0.3) is 10.1 Å². The molecule has 0 unspecified atom stereocenters. The minimum atomic E-state index is -3.99. The lowest BCUT2D eigenvalue weighted by Gasteiger charge is -2.35. The van der Waals surface area contributed by atoms with E-state index in [2.05, 4.69) is 4.72 Å². The lowest BCUT2D eigenvalue weighted by atomic mass is 9.90. The second-order valence-electron chi connectivity index (χ2n) is 8.35. The van der Waals surface area contributed by atoms with Crippen molar-refractivity contribution >= 4 is 43.5 Å². The van der Waals surface area contributed by atoms with Gasteiger partial charge >= 0.3 is 12.1 Å². The van der Waals surface area contributed by atoms with Crippen molar-refractivity contribution in [3.63, 3.8) is 0 Å². The fourth-order valence-corrected chi connectivity index (χ4v) is 6.08. The molecule has 1 saturated heterocycles. The first kappa shape index (κ1) is 22.5. The van der Waals surface area contributed by atoms with Gasteiger partial charge in [-0.15, -0.1) is 11.3 Å². The first-order valence-corrected chi connectivity index (χ1v) is 12.0. The molecule has 2 aromatic rings. The van der Waals surface area contributed by atoms with E-state index >= 15 is 0 Å². The number of benzene rings is 1. The third-order valence-electron chi connectivity index (χ3n) is 4.88. The summed E-state index contributed by atoms with van der Waals surface area (Å²) in [6.45, 7) is 5.96. The van der Waals surface area contributed by atoms with E-state index in [-0.39, 0.29) is 4.21 Å². The molecular formula is C20H26N2O6S2. The molecule has 30 heavy (non-hydrogen) atoms. The van der Waals surface area contributed by atoms with Crippen LogP contribution in [-0.4, -0.2) is 55.2 Å². The molecule has 0 aliphatic carbocycles. The Morgan fingerprint density at radius 2 is 1.87 bits per heavy atom. The zero-order valence-corrected chi connectivity index (χ0v) is 18.8. The smallest absolute Gasteiger partial charge is 0.410 e. The number of sulfonamides is 1. The highest BCUT2D eigenvalue weighted by Gasteiger charge is 2.37. The topological polar surface area (TPSA) is 113 Å². The summed E-state index contributed by atoms with van der Waals surface area (Å²) in [5, 5.41) is 10.5. The summed E-state index contributed by atoms with van der Waals surface area (Å²) in [7, 11) is -3.99. The summed E-state index contributed by atoms with van der Waals surface area (Å²) in [5.41, 5.74) is -0.614. The number of hydrogen-bond acceptors (Lipinski definition) is 6. The molecule has 3 rings (SSSR count). The predicted molar refractivity (Wildman–Crippen MR) is 114 cm³/mol. The van der Waals surface area contributed by atoms with Crippen molar-refractivity contribution in [1.29, 1.82) is 0 Å². The Hall–Kier alpha value is -2.17. The third kappa shape index (κ3) is 5.30. The van der Waals surface area contributed by atoms with Crippen molar-refractivity contribution in [3.05, 3.63) is 30.3 Å². The summed E-state index contributed by atoms with van der Waals surface area (Å²) in [5.74, 6) is -1.65. The van der Waals surface area contributed by atoms with E-state index in [0.717, 1.165) is 21.4 Å². The van der Waals surface area contributed by atoms with Crippen molar-refractivity contribution in [2.24, 2.45) is 5.92 Å². The van der Waals surface area contributed by atoms with E-state index in [1.165, 1.54) is 4.90 Å². The molecule has 1 aliphatic heterocycles. The summed E-state index contributed by atoms with van der Waals surface area (Å²) < 4.78 is 34.3. The summed E-state index contributed by atoms with van der Waals surface area (Å²) in [6, 6.07) is 7.55. The molecule has 2 heterocycles. The van der Waals surface area contributed by atoms with Crippen LogP contribution in [0.4, 0.5) is 4.79 Å². The van der Waals surface area contributed by atoms with E-state index < -0.39 is 39.6 Å². The van der Waals surface area contributed by atoms with Gasteiger partial charge in [-0.2, -0.15) is 4.72 Å². The highest BCUT2D eigenvalue weighted by atomic mass is 32.2. The highest BCUT2D eigenvalue weighted by molar-refractivity contribution is 7.91. The molecule has 0 radical (unpaired) electrons. The fourth-order valence-electron chi connectivity index (χ4n) is 3.41. The molecule has 1 fully saturated rings. The van der Waals surface area contributed by atoms with Gasteiger partial charge in [0.15, 0.2) is 0 Å². The zero-order chi connectivity index (χ0) is 22.1. The second-order valence-corrected chi connectivity index (χ2v) is 11.4. The molecule has 164 valence electrons. The number of rotatable bonds is 5. The number of piperidine rings is 1. The molecule has 1 atom stereocenters. The number of aliphatic carboxylic acids is 1. The van der Waals surface area contributed by atoms with Gasteiger partial charge in [-0.25, -0.2) is 13.2 Å². The zero-order valence-electron chi connectivity index (χ0n) is 17.1. The number of thiophene rings is 1. The number of carbonyl (C=O) groups excluding carboxylic acids is 1. The van der Waals surface area contributed by atoms with E-state index in [1.807, 2.05) is 24.3 Å². The number of likely N-dealkylation sites (tertiary alicyclic amines) is 1. The van der Waals surface area contributed by atoms with Crippen LogP contribution in [-0.2, 0) is 19.6 Å². The fraction of sp³-hybridized carbons (Fsp3) is 0.500. The third-order valence-corrected chi connectivity index (χ3v) is 7.91. The van der Waals surface area contributed by atoms with Gasteiger partial charge in [0.05, 0.1) is 0 Å². The largest absolute Gasteiger partial charge is 0.480 e. The lowest BCUT2D eigenvalue weighted by Crippen LogP contribution is -2.50. The number of nitrogens with zero attached hydrogens (tertiary/aromatic N) is 1. The average molecular weight is 455 g/mol. The minimum Gasteiger partial charge on any atom is -0.480 e. The van der Waals surface area contributed by atoms with Crippen LogP contribution in [0.1, 0.15) is 33.6 Å². The van der Waals surface area contributed by atoms with Crippen LogP contribution in [0, 0.1) is 5.92 Å². The molecule has 0 spiro atoms. The number of fused-ring (bicyclic) bond motifs is 1. The Morgan fingerprint density at radius 1 is 1.23 bits per heavy atom. The van der Waals surface area contributed by atoms with Gasteiger partial charge in [-0.3, -0.25) is 4.79 Å². The van der Waals surface area contributed by atoms with Gasteiger partial charge in [0.2, 0.25) is 0 Å². The van der Waals surface area contributed by atoms with Gasteiger partial charge in [0.1, 0.15) is 15.9 Å². The lowest BCUT2D eigenvalue weighted by molar-refractivity contribution is -0.140. The molecule has 0 bridgehead atoms. The highest BCUT2D eigenvalue weighted by Crippen LogP contribution is 2.30. The maximum atomic E-state index is 12.8. The van der Waals surface area contributed by atoms with Crippen molar-refractivity contribution in [2.45, 2.75) is 49.5 Å². The molecule has 1 aliphatic rings. The van der Waals surface area contributed by atoms with Crippen LogP contribution >= 0.6 is 11.3 Å². The maximum Gasteiger partial charge on any atom is 0.410 e. The van der Waals surface area contributed by atoms with Gasteiger partial charge in [0.25, 0.3) is 10.0 Å². The Balaban J connectivity index is 1.69. The van der Waals surface area contributed by atoms with E-state index in [9.17, 15) is 23.1 Å². The predicted octanol–water partition coefficient (Wildman–Crippen LogP) is 3.28. The van der Waals surface area contributed by atoms with Gasteiger partial charge in [-0.05, 0) is 57.0 Å². The van der Waals surface area contributed by atoms with Crippen molar-refractivity contribution < 1.29 is 27.9 Å². The van der Waals surface area contributed by atoms with E-state index in [1.54, 1.807) is 26.8 Å². The Labute approximate surface area is 179 Å². The Morgan fingerprint density at radius 3 is 2.43 bits per heavy atom. The normalized spacial score (nSPS) is 17.1. The maximum absolute atomic E-state index is 12.8. The van der Waals surface area contributed by atoms with E-state index in [0.29, 0.717) is 25.9 Å². The Kier molecular flexibility index (Phi) is 6.40. The number of carboxylic acids is 1. The van der Waals surface area contributed by atoms with Crippen LogP contribution in [0.15, 0.2) is 34.5 Å². The van der Waals surface area contributed by atoms with Gasteiger partial charge in [-0.1, -0.05) is 18.2 Å². The van der Waals surface area contributed by atoms with E-state index in [4.69, 9.17) is 4.74 Å². The number of carbonyl (C=O) groups is 2. The van der Waals surface area contributed by atoms with Crippen molar-refractivity contribution in [2.75, 3.05) is 13.1 Å². The number of amides is 1. The molecule has 1 aromatic heterocycles. The summed E-state index contributed by atoms with van der Waals surface area (Å²) >= 11 is 1.10. The van der Waals surface area contributed by atoms with Crippen LogP contribution in [0.3, 0.4) is 0 Å². The minimum absolute atomic E-state index is 0.0844. The Bertz CT molecular complexity index is 1000. The quantitative estimate of drug-likeness (QED) is 0.717. The van der Waals surface area contributed by atoms with Crippen LogP contribution in [0.5, 0.6) is 0 Å². The standard InChI is InChI=1S/C20H26N2O6S2/c1-20(2,3)28-19(25)22-10-8-13(9-11-22)17(18(23)24)21-30(26,27)16-12-14-6-4-5-7-15(14)29-16/h4-7,12-13,17,21H,8-11H2,1-3H3,(H,23,24)/t17-/m1/s1. The summed E-state index contributed by atoms with van der Waals surface area (Å²) in [4.78, 5) is 25.6. The second kappa shape index (κ2) is 8.52. The number of hydrogen-bond donors (Lipinski definition) is 2. The average Bonchev–Trinajstić information content (AvgIpc) is 3.10. The van der Waals surface area contributed by atoms with Gasteiger partial charge in [0, 0.05) is 17.8 Å². The molecule has 0 saturated carbocycles. The first-order valence-electron chi connectivity index (χ1n) is 9.68. The summed E-state index contributed by atoms with van der Waals surface area (Å²) in [6.07, 6.45) is 0.287. The van der Waals surface area contributed by atoms with Crippen molar-refractivity contribution in [1.82, 2.24) is 9.62 Å². The van der Waals surface area contributed by atoms with Gasteiger partial charge < -0.3 is 14.7 Å². The monoisotopic (exact) mass is 454 g/mol. The van der Waals surface area contributed by atoms with Crippen LogP contribution in [0.2, 0.25) is 0 Å². The van der Waals surface area contributed by atoms with Crippen LogP contribution < -0.4 is 4.72 Å². The molecule has 10 heteroatoms. The molecular weight excluding hydrogens is 428 g/mol. The SMILES string of the molecule is CC(C)(C)OC(=O)N1CCC([C@@H](NS(=O)(=O)c2cc3ccccc3s2)C(=O)O)CC1. The number of carboxylic acid groups (broad SMARTS) is 1. The molecule has 1 aromatic carbocycles. The number of nitrogens with one attached hydrogen (secondary N) is 1. The molecule has 2 N–H and O–H groups in total.